The predicted octanol–water partition coefficient (Wildman–Crippen LogP) is 4.88. The summed E-state index contributed by atoms with van der Waals surface area (Å²) < 4.78 is 0. The predicted molar refractivity (Wildman–Crippen MR) is 91.5 cm³/mol. The van der Waals surface area contributed by atoms with E-state index in [2.05, 4.69) is 41.7 Å². The summed E-state index contributed by atoms with van der Waals surface area (Å²) in [5.41, 5.74) is 2.63. The molecule has 2 aromatic carbocycles. The molecule has 1 atom stereocenters. The summed E-state index contributed by atoms with van der Waals surface area (Å²) in [6.07, 6.45) is 8.53. The molecule has 3 rings (SSSR count). The summed E-state index contributed by atoms with van der Waals surface area (Å²) in [6, 6.07) is 16.6. The van der Waals surface area contributed by atoms with Crippen molar-refractivity contribution in [1.82, 2.24) is 5.32 Å². The number of nitrogens with one attached hydrogen (secondary N) is 1. The van der Waals surface area contributed by atoms with Crippen molar-refractivity contribution in [3.8, 4) is 6.07 Å². The van der Waals surface area contributed by atoms with Gasteiger partial charge in [-0.2, -0.15) is 5.26 Å². The molecule has 0 saturated carbocycles. The second-order valence-corrected chi connectivity index (χ2v) is 5.94. The maximum absolute atomic E-state index is 9.55. The summed E-state index contributed by atoms with van der Waals surface area (Å²) >= 11 is 0. The van der Waals surface area contributed by atoms with E-state index in [0.29, 0.717) is 0 Å². The Morgan fingerprint density at radius 3 is 2.77 bits per heavy atom. The summed E-state index contributed by atoms with van der Waals surface area (Å²) in [5.74, 6) is 0. The maximum atomic E-state index is 9.55. The normalized spacial score (nSPS) is 16.0. The van der Waals surface area contributed by atoms with Gasteiger partial charge in [-0.1, -0.05) is 54.1 Å². The van der Waals surface area contributed by atoms with Crippen molar-refractivity contribution < 1.29 is 0 Å². The van der Waals surface area contributed by atoms with Crippen molar-refractivity contribution >= 4 is 10.8 Å². The lowest BCUT2D eigenvalue weighted by molar-refractivity contribution is 0.604. The number of nitriles is 1. The van der Waals surface area contributed by atoms with Crippen LogP contribution in [0.1, 0.15) is 43.7 Å². The fourth-order valence-electron chi connectivity index (χ4n) is 3.24. The molecule has 1 unspecified atom stereocenters. The van der Waals surface area contributed by atoms with Crippen LogP contribution in [0.25, 0.3) is 10.8 Å². The highest BCUT2D eigenvalue weighted by atomic mass is 14.9. The minimum atomic E-state index is -0.240. The van der Waals surface area contributed by atoms with Gasteiger partial charge in [0.05, 0.1) is 6.07 Å². The van der Waals surface area contributed by atoms with Gasteiger partial charge >= 0.3 is 0 Å². The Bertz CT molecular complexity index is 704. The van der Waals surface area contributed by atoms with Gasteiger partial charge in [0.25, 0.3) is 0 Å². The van der Waals surface area contributed by atoms with Crippen LogP contribution in [0, 0.1) is 11.3 Å². The highest BCUT2D eigenvalue weighted by molar-refractivity contribution is 5.86. The third kappa shape index (κ3) is 3.37. The first-order chi connectivity index (χ1) is 10.9. The van der Waals surface area contributed by atoms with E-state index in [1.165, 1.54) is 36.5 Å². The van der Waals surface area contributed by atoms with E-state index in [-0.39, 0.29) is 6.04 Å². The molecule has 0 saturated heterocycles. The molecule has 0 fully saturated rings. The van der Waals surface area contributed by atoms with Gasteiger partial charge in [0.2, 0.25) is 0 Å². The van der Waals surface area contributed by atoms with Crippen LogP contribution in [0.2, 0.25) is 0 Å². The van der Waals surface area contributed by atoms with Crippen LogP contribution in [0.3, 0.4) is 0 Å². The van der Waals surface area contributed by atoms with E-state index < -0.39 is 0 Å². The van der Waals surface area contributed by atoms with Crippen LogP contribution in [-0.4, -0.2) is 6.54 Å². The summed E-state index contributed by atoms with van der Waals surface area (Å²) in [5, 5.41) is 15.3. The third-order valence-electron chi connectivity index (χ3n) is 4.44. The lowest BCUT2D eigenvalue weighted by atomic mass is 9.96. The van der Waals surface area contributed by atoms with E-state index in [9.17, 15) is 5.26 Å². The van der Waals surface area contributed by atoms with Gasteiger partial charge < -0.3 is 0 Å². The lowest BCUT2D eigenvalue weighted by Gasteiger charge is -2.16. The molecular formula is C20H22N2. The number of hydrogen-bond acceptors (Lipinski definition) is 2. The van der Waals surface area contributed by atoms with Crippen LogP contribution in [0.15, 0.2) is 54.1 Å². The first-order valence-corrected chi connectivity index (χ1v) is 8.17. The molecule has 2 aromatic rings. The molecule has 1 N–H and O–H groups in total. The zero-order valence-corrected chi connectivity index (χ0v) is 12.9. The van der Waals surface area contributed by atoms with Crippen molar-refractivity contribution in [2.45, 2.75) is 38.1 Å². The summed E-state index contributed by atoms with van der Waals surface area (Å²) in [7, 11) is 0. The van der Waals surface area contributed by atoms with Gasteiger partial charge in [0.1, 0.15) is 6.04 Å². The molecule has 0 amide bonds. The Morgan fingerprint density at radius 2 is 1.95 bits per heavy atom. The van der Waals surface area contributed by atoms with Gasteiger partial charge in [0.15, 0.2) is 0 Å². The highest BCUT2D eigenvalue weighted by Gasteiger charge is 2.13. The van der Waals surface area contributed by atoms with E-state index in [4.69, 9.17) is 0 Å². The minimum absolute atomic E-state index is 0.240. The average Bonchev–Trinajstić information content (AvgIpc) is 2.59. The van der Waals surface area contributed by atoms with E-state index in [1.807, 2.05) is 18.2 Å². The molecule has 0 aromatic heterocycles. The highest BCUT2D eigenvalue weighted by Crippen LogP contribution is 2.24. The largest absolute Gasteiger partial charge is 0.298 e. The molecular weight excluding hydrogens is 268 g/mol. The Labute approximate surface area is 132 Å². The lowest BCUT2D eigenvalue weighted by Crippen LogP contribution is -2.22. The number of fused-ring (bicyclic) bond motifs is 1. The third-order valence-corrected chi connectivity index (χ3v) is 4.44. The number of benzene rings is 2. The molecule has 0 aliphatic heterocycles. The van der Waals surface area contributed by atoms with Crippen LogP contribution < -0.4 is 5.32 Å². The molecule has 1 aliphatic rings. The van der Waals surface area contributed by atoms with Gasteiger partial charge in [-0.05, 0) is 48.4 Å². The van der Waals surface area contributed by atoms with Gasteiger partial charge in [0, 0.05) is 6.54 Å². The van der Waals surface area contributed by atoms with Crippen molar-refractivity contribution in [2.75, 3.05) is 6.54 Å². The minimum Gasteiger partial charge on any atom is -0.298 e. The quantitative estimate of drug-likeness (QED) is 0.796. The van der Waals surface area contributed by atoms with Gasteiger partial charge in [-0.15, -0.1) is 0 Å². The molecule has 0 heterocycles. The molecule has 22 heavy (non-hydrogen) atoms. The fourth-order valence-corrected chi connectivity index (χ4v) is 3.24. The monoisotopic (exact) mass is 290 g/mol. The zero-order valence-electron chi connectivity index (χ0n) is 12.9. The molecule has 2 nitrogen and oxygen atoms in total. The van der Waals surface area contributed by atoms with Gasteiger partial charge in [-0.3, -0.25) is 5.32 Å². The van der Waals surface area contributed by atoms with Crippen molar-refractivity contribution in [2.24, 2.45) is 0 Å². The van der Waals surface area contributed by atoms with Crippen molar-refractivity contribution in [3.63, 3.8) is 0 Å². The number of allylic oxidation sites excluding steroid dienone is 1. The standard InChI is InChI=1S/C20H22N2/c21-15-20(22-14-13-16-7-2-1-3-8-16)19-12-6-10-17-9-4-5-11-18(17)19/h4-7,9-12,20,22H,1-3,8,13-14H2. The Morgan fingerprint density at radius 1 is 1.09 bits per heavy atom. The summed E-state index contributed by atoms with van der Waals surface area (Å²) in [4.78, 5) is 0. The molecule has 1 aliphatic carbocycles. The smallest absolute Gasteiger partial charge is 0.121 e. The zero-order chi connectivity index (χ0) is 15.2. The van der Waals surface area contributed by atoms with E-state index in [0.717, 1.165) is 18.5 Å². The van der Waals surface area contributed by atoms with Crippen LogP contribution in [0.4, 0.5) is 0 Å². The Kier molecular flexibility index (Phi) is 4.88. The second-order valence-electron chi connectivity index (χ2n) is 5.94. The Balaban J connectivity index is 1.70. The Hall–Kier alpha value is -2.11. The first-order valence-electron chi connectivity index (χ1n) is 8.17. The van der Waals surface area contributed by atoms with Crippen LogP contribution in [0.5, 0.6) is 0 Å². The number of nitrogens with zero attached hydrogens (tertiary/aromatic N) is 1. The topological polar surface area (TPSA) is 35.8 Å². The second kappa shape index (κ2) is 7.24. The number of hydrogen-bond donors (Lipinski definition) is 1. The first kappa shape index (κ1) is 14.8. The SMILES string of the molecule is N#CC(NCCC1=CCCCC1)c1cccc2ccccc12. The maximum Gasteiger partial charge on any atom is 0.121 e. The summed E-state index contributed by atoms with van der Waals surface area (Å²) in [6.45, 7) is 0.868. The number of rotatable bonds is 5. The molecule has 0 bridgehead atoms. The molecule has 2 heteroatoms. The molecule has 0 radical (unpaired) electrons. The van der Waals surface area contributed by atoms with E-state index in [1.54, 1.807) is 5.57 Å². The average molecular weight is 290 g/mol. The molecule has 112 valence electrons. The fraction of sp³-hybridized carbons (Fsp3) is 0.350. The van der Waals surface area contributed by atoms with E-state index >= 15 is 0 Å². The van der Waals surface area contributed by atoms with Crippen molar-refractivity contribution in [3.05, 3.63) is 59.7 Å². The molecule has 0 spiro atoms. The van der Waals surface area contributed by atoms with Crippen molar-refractivity contribution in [1.29, 1.82) is 5.26 Å². The van der Waals surface area contributed by atoms with Gasteiger partial charge in [-0.25, -0.2) is 0 Å². The van der Waals surface area contributed by atoms with Crippen LogP contribution in [-0.2, 0) is 0 Å². The van der Waals surface area contributed by atoms with Crippen LogP contribution >= 0.6 is 0 Å².